The second kappa shape index (κ2) is 7.88. The van der Waals surface area contributed by atoms with Gasteiger partial charge in [-0.15, -0.1) is 0 Å². The molecule has 0 radical (unpaired) electrons. The normalized spacial score (nSPS) is 16.7. The molecule has 0 fully saturated rings. The minimum atomic E-state index is 0.582. The standard InChI is InChI=1S/C15H27NS/c1-5-12(3)9-15(6-2)16-13(4)10-14-7-8-17-11-14/h7-8,11-13,15-16H,5-6,9-10H2,1-4H3. The van der Waals surface area contributed by atoms with Gasteiger partial charge in [0.15, 0.2) is 0 Å². The van der Waals surface area contributed by atoms with Crippen LogP contribution in [0.5, 0.6) is 0 Å². The Balaban J connectivity index is 2.34. The van der Waals surface area contributed by atoms with Crippen LogP contribution in [0, 0.1) is 5.92 Å². The van der Waals surface area contributed by atoms with Crippen LogP contribution in [0.2, 0.25) is 0 Å². The highest BCUT2D eigenvalue weighted by Gasteiger charge is 2.13. The van der Waals surface area contributed by atoms with E-state index in [9.17, 15) is 0 Å². The van der Waals surface area contributed by atoms with Gasteiger partial charge in [0, 0.05) is 12.1 Å². The first-order valence-electron chi connectivity index (χ1n) is 6.92. The van der Waals surface area contributed by atoms with Crippen LogP contribution < -0.4 is 5.32 Å². The van der Waals surface area contributed by atoms with Gasteiger partial charge in [0.1, 0.15) is 0 Å². The van der Waals surface area contributed by atoms with Crippen LogP contribution in [0.15, 0.2) is 16.8 Å². The van der Waals surface area contributed by atoms with Crippen LogP contribution in [0.1, 0.15) is 52.5 Å². The zero-order valence-electron chi connectivity index (χ0n) is 11.7. The van der Waals surface area contributed by atoms with E-state index in [1.54, 1.807) is 11.3 Å². The molecule has 0 saturated heterocycles. The number of rotatable bonds is 8. The number of hydrogen-bond donors (Lipinski definition) is 1. The van der Waals surface area contributed by atoms with Gasteiger partial charge in [0.25, 0.3) is 0 Å². The Bertz CT molecular complexity index is 281. The summed E-state index contributed by atoms with van der Waals surface area (Å²) in [5.41, 5.74) is 1.47. The van der Waals surface area contributed by atoms with E-state index in [1.165, 1.54) is 24.8 Å². The van der Waals surface area contributed by atoms with Crippen molar-refractivity contribution in [3.63, 3.8) is 0 Å². The maximum atomic E-state index is 3.77. The average Bonchev–Trinajstić information content (AvgIpc) is 2.80. The predicted octanol–water partition coefficient (Wildman–Crippen LogP) is 4.48. The molecule has 0 bridgehead atoms. The lowest BCUT2D eigenvalue weighted by molar-refractivity contribution is 0.355. The van der Waals surface area contributed by atoms with Crippen LogP contribution in [0.25, 0.3) is 0 Å². The van der Waals surface area contributed by atoms with Gasteiger partial charge in [0.05, 0.1) is 0 Å². The second-order valence-corrected chi connectivity index (χ2v) is 6.04. The van der Waals surface area contributed by atoms with Crippen molar-refractivity contribution in [1.29, 1.82) is 0 Å². The third kappa shape index (κ3) is 5.69. The molecular formula is C15H27NS. The molecule has 1 aromatic rings. The van der Waals surface area contributed by atoms with Crippen molar-refractivity contribution in [3.8, 4) is 0 Å². The molecule has 0 amide bonds. The van der Waals surface area contributed by atoms with E-state index in [0.29, 0.717) is 12.1 Å². The van der Waals surface area contributed by atoms with Gasteiger partial charge in [-0.3, -0.25) is 0 Å². The fourth-order valence-corrected chi connectivity index (χ4v) is 2.91. The van der Waals surface area contributed by atoms with E-state index in [1.807, 2.05) is 0 Å². The third-order valence-corrected chi connectivity index (χ3v) is 4.25. The van der Waals surface area contributed by atoms with Crippen molar-refractivity contribution in [2.45, 2.75) is 65.5 Å². The molecule has 2 heteroatoms. The van der Waals surface area contributed by atoms with Gasteiger partial charge in [-0.2, -0.15) is 11.3 Å². The van der Waals surface area contributed by atoms with Crippen LogP contribution in [0.3, 0.4) is 0 Å². The Morgan fingerprint density at radius 2 is 2.00 bits per heavy atom. The monoisotopic (exact) mass is 253 g/mol. The lowest BCUT2D eigenvalue weighted by Crippen LogP contribution is -2.38. The van der Waals surface area contributed by atoms with Gasteiger partial charge >= 0.3 is 0 Å². The summed E-state index contributed by atoms with van der Waals surface area (Å²) in [5, 5.41) is 8.20. The molecule has 1 heterocycles. The topological polar surface area (TPSA) is 12.0 Å². The molecule has 1 nitrogen and oxygen atoms in total. The number of hydrogen-bond acceptors (Lipinski definition) is 2. The van der Waals surface area contributed by atoms with Crippen LogP contribution in [-0.4, -0.2) is 12.1 Å². The molecular weight excluding hydrogens is 226 g/mol. The maximum Gasteiger partial charge on any atom is 0.00820 e. The van der Waals surface area contributed by atoms with E-state index >= 15 is 0 Å². The Hall–Kier alpha value is -0.340. The molecule has 1 N–H and O–H groups in total. The molecule has 0 aliphatic rings. The molecule has 98 valence electrons. The fraction of sp³-hybridized carbons (Fsp3) is 0.733. The SMILES string of the molecule is CCC(C)CC(CC)NC(C)Cc1ccsc1. The molecule has 0 spiro atoms. The van der Waals surface area contributed by atoms with E-state index in [0.717, 1.165) is 12.3 Å². The Morgan fingerprint density at radius 3 is 2.53 bits per heavy atom. The zero-order valence-corrected chi connectivity index (χ0v) is 12.5. The van der Waals surface area contributed by atoms with Gasteiger partial charge in [0.2, 0.25) is 0 Å². The minimum absolute atomic E-state index is 0.582. The quantitative estimate of drug-likeness (QED) is 0.720. The van der Waals surface area contributed by atoms with E-state index < -0.39 is 0 Å². The Kier molecular flexibility index (Phi) is 6.83. The van der Waals surface area contributed by atoms with Gasteiger partial charge < -0.3 is 5.32 Å². The summed E-state index contributed by atoms with van der Waals surface area (Å²) in [4.78, 5) is 0. The largest absolute Gasteiger partial charge is 0.311 e. The molecule has 0 aliphatic heterocycles. The van der Waals surface area contributed by atoms with E-state index in [-0.39, 0.29) is 0 Å². The summed E-state index contributed by atoms with van der Waals surface area (Å²) in [6, 6.07) is 3.50. The van der Waals surface area contributed by atoms with Crippen molar-refractivity contribution in [2.75, 3.05) is 0 Å². The summed E-state index contributed by atoms with van der Waals surface area (Å²) < 4.78 is 0. The number of nitrogens with one attached hydrogen (secondary N) is 1. The summed E-state index contributed by atoms with van der Waals surface area (Å²) in [6.45, 7) is 9.23. The molecule has 3 atom stereocenters. The molecule has 0 saturated carbocycles. The average molecular weight is 253 g/mol. The molecule has 17 heavy (non-hydrogen) atoms. The predicted molar refractivity (Wildman–Crippen MR) is 78.8 cm³/mol. The smallest absolute Gasteiger partial charge is 0.00820 e. The number of thiophene rings is 1. The van der Waals surface area contributed by atoms with E-state index in [2.05, 4.69) is 49.8 Å². The second-order valence-electron chi connectivity index (χ2n) is 5.26. The molecule has 0 aromatic carbocycles. The molecule has 1 rings (SSSR count). The highest BCUT2D eigenvalue weighted by Crippen LogP contribution is 2.14. The first kappa shape index (κ1) is 14.7. The minimum Gasteiger partial charge on any atom is -0.311 e. The van der Waals surface area contributed by atoms with Gasteiger partial charge in [-0.25, -0.2) is 0 Å². The highest BCUT2D eigenvalue weighted by atomic mass is 32.1. The molecule has 0 aliphatic carbocycles. The first-order valence-corrected chi connectivity index (χ1v) is 7.87. The fourth-order valence-electron chi connectivity index (χ4n) is 2.23. The molecule has 1 aromatic heterocycles. The third-order valence-electron chi connectivity index (χ3n) is 3.52. The summed E-state index contributed by atoms with van der Waals surface area (Å²) in [5.74, 6) is 0.834. The Labute approximate surface area is 111 Å². The van der Waals surface area contributed by atoms with Crippen LogP contribution in [0.4, 0.5) is 0 Å². The highest BCUT2D eigenvalue weighted by molar-refractivity contribution is 7.07. The van der Waals surface area contributed by atoms with E-state index in [4.69, 9.17) is 0 Å². The van der Waals surface area contributed by atoms with Crippen molar-refractivity contribution < 1.29 is 0 Å². The van der Waals surface area contributed by atoms with Crippen molar-refractivity contribution in [2.24, 2.45) is 5.92 Å². The van der Waals surface area contributed by atoms with Crippen molar-refractivity contribution >= 4 is 11.3 Å². The summed E-state index contributed by atoms with van der Waals surface area (Å²) in [7, 11) is 0. The maximum absolute atomic E-state index is 3.77. The summed E-state index contributed by atoms with van der Waals surface area (Å²) in [6.07, 6.45) is 4.98. The van der Waals surface area contributed by atoms with Gasteiger partial charge in [-0.05, 0) is 54.5 Å². The Morgan fingerprint density at radius 1 is 1.24 bits per heavy atom. The van der Waals surface area contributed by atoms with Crippen molar-refractivity contribution in [1.82, 2.24) is 5.32 Å². The zero-order chi connectivity index (χ0) is 12.7. The van der Waals surface area contributed by atoms with Crippen molar-refractivity contribution in [3.05, 3.63) is 22.4 Å². The lowest BCUT2D eigenvalue weighted by atomic mass is 9.96. The van der Waals surface area contributed by atoms with Crippen LogP contribution >= 0.6 is 11.3 Å². The lowest BCUT2D eigenvalue weighted by Gasteiger charge is -2.24. The van der Waals surface area contributed by atoms with Crippen LogP contribution in [-0.2, 0) is 6.42 Å². The molecule has 3 unspecified atom stereocenters. The van der Waals surface area contributed by atoms with Gasteiger partial charge in [-0.1, -0.05) is 27.2 Å². The summed E-state index contributed by atoms with van der Waals surface area (Å²) >= 11 is 1.79. The first-order chi connectivity index (χ1) is 8.15.